The summed E-state index contributed by atoms with van der Waals surface area (Å²) in [7, 11) is 0. The normalized spacial score (nSPS) is 11.5. The van der Waals surface area contributed by atoms with Crippen molar-refractivity contribution in [1.29, 1.82) is 0 Å². The minimum atomic E-state index is -0.494. The van der Waals surface area contributed by atoms with Gasteiger partial charge < -0.3 is 10.6 Å². The molecule has 9 heteroatoms. The lowest BCUT2D eigenvalue weighted by atomic mass is 10.1. The molecule has 0 aliphatic carbocycles. The van der Waals surface area contributed by atoms with E-state index >= 15 is 0 Å². The highest BCUT2D eigenvalue weighted by Gasteiger charge is 2.19. The first kappa shape index (κ1) is 21.7. The number of carbonyl (C=O) groups is 2. The highest BCUT2D eigenvalue weighted by molar-refractivity contribution is 8.00. The fraction of sp³-hybridized carbons (Fsp3) is 0.263. The van der Waals surface area contributed by atoms with E-state index in [4.69, 9.17) is 11.6 Å². The van der Waals surface area contributed by atoms with Gasteiger partial charge in [-0.25, -0.2) is 0 Å². The minimum Gasteiger partial charge on any atom is -0.352 e. The quantitative estimate of drug-likeness (QED) is 0.371. The van der Waals surface area contributed by atoms with Gasteiger partial charge in [-0.2, -0.15) is 0 Å². The molecular weight excluding hydrogens is 402 g/mol. The second kappa shape index (κ2) is 10.1. The van der Waals surface area contributed by atoms with Crippen LogP contribution in [0.15, 0.2) is 47.4 Å². The number of anilines is 1. The Morgan fingerprint density at radius 3 is 2.50 bits per heavy atom. The molecule has 0 spiro atoms. The monoisotopic (exact) mass is 421 g/mol. The summed E-state index contributed by atoms with van der Waals surface area (Å²) in [5.74, 6) is -0.598. The first-order valence-corrected chi connectivity index (χ1v) is 9.87. The number of nitrogens with one attached hydrogen (secondary N) is 2. The number of nitro benzene ring substituents is 1. The number of rotatable bonds is 8. The average Bonchev–Trinajstić information content (AvgIpc) is 2.66. The van der Waals surface area contributed by atoms with Crippen LogP contribution in [0.3, 0.4) is 0 Å². The molecule has 0 aliphatic heterocycles. The van der Waals surface area contributed by atoms with Gasteiger partial charge in [0.25, 0.3) is 11.6 Å². The molecule has 0 heterocycles. The number of non-ortho nitro benzene ring substituents is 1. The fourth-order valence-corrected chi connectivity index (χ4v) is 3.33. The Morgan fingerprint density at radius 2 is 1.89 bits per heavy atom. The molecule has 7 nitrogen and oxygen atoms in total. The van der Waals surface area contributed by atoms with Gasteiger partial charge in [0.15, 0.2) is 0 Å². The number of thioether (sulfide) groups is 1. The van der Waals surface area contributed by atoms with Gasteiger partial charge >= 0.3 is 0 Å². The van der Waals surface area contributed by atoms with Crippen molar-refractivity contribution in [1.82, 2.24) is 5.32 Å². The zero-order valence-electron chi connectivity index (χ0n) is 15.4. The molecule has 148 valence electrons. The predicted molar refractivity (Wildman–Crippen MR) is 111 cm³/mol. The van der Waals surface area contributed by atoms with Gasteiger partial charge in [-0.05, 0) is 43.7 Å². The smallest absolute Gasteiger partial charge is 0.269 e. The van der Waals surface area contributed by atoms with Crippen LogP contribution in [-0.4, -0.2) is 28.5 Å². The van der Waals surface area contributed by atoms with Crippen molar-refractivity contribution in [3.63, 3.8) is 0 Å². The zero-order chi connectivity index (χ0) is 20.7. The van der Waals surface area contributed by atoms with E-state index in [1.165, 1.54) is 30.0 Å². The molecule has 0 bridgehead atoms. The molecule has 28 heavy (non-hydrogen) atoms. The highest BCUT2D eigenvalue weighted by Crippen LogP contribution is 2.27. The van der Waals surface area contributed by atoms with E-state index in [1.54, 1.807) is 31.2 Å². The van der Waals surface area contributed by atoms with Crippen LogP contribution in [0.25, 0.3) is 0 Å². The summed E-state index contributed by atoms with van der Waals surface area (Å²) in [5.41, 5.74) is 0.657. The van der Waals surface area contributed by atoms with E-state index in [0.717, 1.165) is 11.3 Å². The van der Waals surface area contributed by atoms with Gasteiger partial charge in [-0.1, -0.05) is 18.5 Å². The molecule has 0 saturated carbocycles. The molecule has 0 saturated heterocycles. The van der Waals surface area contributed by atoms with Crippen LogP contribution in [0, 0.1) is 10.1 Å². The van der Waals surface area contributed by atoms with Gasteiger partial charge in [0.05, 0.1) is 21.4 Å². The topological polar surface area (TPSA) is 101 Å². The van der Waals surface area contributed by atoms with Gasteiger partial charge in [0.2, 0.25) is 5.91 Å². The largest absolute Gasteiger partial charge is 0.352 e. The van der Waals surface area contributed by atoms with E-state index < -0.39 is 10.2 Å². The molecule has 2 aromatic rings. The SMILES string of the molecule is CCCNC(=O)c1ccc(Cl)cc1NC(=O)C(C)Sc1ccc([N+](=O)[O-])cc1. The van der Waals surface area contributed by atoms with E-state index in [1.807, 2.05) is 6.92 Å². The van der Waals surface area contributed by atoms with Gasteiger partial charge in [0.1, 0.15) is 0 Å². The summed E-state index contributed by atoms with van der Waals surface area (Å²) < 4.78 is 0. The lowest BCUT2D eigenvalue weighted by molar-refractivity contribution is -0.384. The number of benzene rings is 2. The third kappa shape index (κ3) is 5.97. The summed E-state index contributed by atoms with van der Waals surface area (Å²) in [4.78, 5) is 35.8. The Labute approximate surface area is 172 Å². The number of nitro groups is 1. The van der Waals surface area contributed by atoms with Crippen molar-refractivity contribution >= 4 is 46.6 Å². The van der Waals surface area contributed by atoms with Crippen molar-refractivity contribution < 1.29 is 14.5 Å². The van der Waals surface area contributed by atoms with Crippen LogP contribution in [0.4, 0.5) is 11.4 Å². The van der Waals surface area contributed by atoms with Crippen LogP contribution >= 0.6 is 23.4 Å². The van der Waals surface area contributed by atoms with Crippen molar-refractivity contribution in [3.8, 4) is 0 Å². The maximum absolute atomic E-state index is 12.6. The van der Waals surface area contributed by atoms with Gasteiger partial charge in [-0.15, -0.1) is 11.8 Å². The maximum atomic E-state index is 12.6. The van der Waals surface area contributed by atoms with Crippen LogP contribution in [0.2, 0.25) is 5.02 Å². The van der Waals surface area contributed by atoms with Crippen molar-refractivity contribution in [2.75, 3.05) is 11.9 Å². The maximum Gasteiger partial charge on any atom is 0.269 e. The van der Waals surface area contributed by atoms with Crippen LogP contribution < -0.4 is 10.6 Å². The van der Waals surface area contributed by atoms with E-state index in [-0.39, 0.29) is 17.5 Å². The Kier molecular flexibility index (Phi) is 7.83. The highest BCUT2D eigenvalue weighted by atomic mass is 35.5. The molecule has 2 rings (SSSR count). The molecule has 1 unspecified atom stereocenters. The number of carbonyl (C=O) groups excluding carboxylic acids is 2. The van der Waals surface area contributed by atoms with Crippen LogP contribution in [-0.2, 0) is 4.79 Å². The molecule has 2 amide bonds. The lowest BCUT2D eigenvalue weighted by Crippen LogP contribution is -2.27. The number of hydrogen-bond donors (Lipinski definition) is 2. The summed E-state index contributed by atoms with van der Waals surface area (Å²) in [6.07, 6.45) is 0.796. The second-order valence-corrected chi connectivity index (χ2v) is 7.80. The summed E-state index contributed by atoms with van der Waals surface area (Å²) in [6, 6.07) is 10.7. The molecule has 0 aliphatic rings. The molecule has 2 aromatic carbocycles. The zero-order valence-corrected chi connectivity index (χ0v) is 17.0. The first-order chi connectivity index (χ1) is 13.3. The second-order valence-electron chi connectivity index (χ2n) is 5.95. The van der Waals surface area contributed by atoms with Crippen molar-refractivity contribution in [3.05, 3.63) is 63.2 Å². The summed E-state index contributed by atoms with van der Waals surface area (Å²) in [5, 5.41) is 16.1. The molecule has 0 fully saturated rings. The van der Waals surface area contributed by atoms with E-state index in [9.17, 15) is 19.7 Å². The molecule has 0 aromatic heterocycles. The van der Waals surface area contributed by atoms with E-state index in [0.29, 0.717) is 22.8 Å². The number of halogens is 1. The van der Waals surface area contributed by atoms with Crippen LogP contribution in [0.1, 0.15) is 30.6 Å². The van der Waals surface area contributed by atoms with Crippen LogP contribution in [0.5, 0.6) is 0 Å². The van der Waals surface area contributed by atoms with Gasteiger partial charge in [-0.3, -0.25) is 19.7 Å². The number of nitrogens with zero attached hydrogens (tertiary/aromatic N) is 1. The fourth-order valence-electron chi connectivity index (χ4n) is 2.29. The Balaban J connectivity index is 2.09. The first-order valence-electron chi connectivity index (χ1n) is 8.61. The van der Waals surface area contributed by atoms with Crippen molar-refractivity contribution in [2.45, 2.75) is 30.4 Å². The third-order valence-electron chi connectivity index (χ3n) is 3.75. The molecule has 0 radical (unpaired) electrons. The van der Waals surface area contributed by atoms with E-state index in [2.05, 4.69) is 10.6 Å². The summed E-state index contributed by atoms with van der Waals surface area (Å²) >= 11 is 7.27. The standard InChI is InChI=1S/C19H20ClN3O4S/c1-3-10-21-19(25)16-9-4-13(20)11-17(16)22-18(24)12(2)28-15-7-5-14(6-8-15)23(26)27/h4-9,11-12H,3,10H2,1-2H3,(H,21,25)(H,22,24). The lowest BCUT2D eigenvalue weighted by Gasteiger charge is -2.15. The predicted octanol–water partition coefficient (Wildman–Crippen LogP) is 4.51. The third-order valence-corrected chi connectivity index (χ3v) is 5.10. The Morgan fingerprint density at radius 1 is 1.21 bits per heavy atom. The molecular formula is C19H20ClN3O4S. The molecule has 2 N–H and O–H groups in total. The van der Waals surface area contributed by atoms with Gasteiger partial charge in [0, 0.05) is 28.6 Å². The Bertz CT molecular complexity index is 874. The Hall–Kier alpha value is -2.58. The molecule has 1 atom stereocenters. The average molecular weight is 422 g/mol. The summed E-state index contributed by atoms with van der Waals surface area (Å²) in [6.45, 7) is 4.19. The number of amides is 2. The van der Waals surface area contributed by atoms with Crippen molar-refractivity contribution in [2.24, 2.45) is 0 Å². The number of hydrogen-bond acceptors (Lipinski definition) is 5. The minimum absolute atomic E-state index is 0.0110.